The zero-order valence-electron chi connectivity index (χ0n) is 9.18. The van der Waals surface area contributed by atoms with Gasteiger partial charge in [0, 0.05) is 18.0 Å². The lowest BCUT2D eigenvalue weighted by Gasteiger charge is -2.08. The molecule has 4 nitrogen and oxygen atoms in total. The summed E-state index contributed by atoms with van der Waals surface area (Å²) in [7, 11) is 0. The Labute approximate surface area is 98.4 Å². The molecule has 0 amide bonds. The number of nitrogens with zero attached hydrogens (tertiary/aromatic N) is 2. The molecule has 4 heteroatoms. The van der Waals surface area contributed by atoms with Crippen LogP contribution >= 0.6 is 0 Å². The van der Waals surface area contributed by atoms with Gasteiger partial charge in [0.1, 0.15) is 5.82 Å². The summed E-state index contributed by atoms with van der Waals surface area (Å²) in [5.74, 6) is 0.847. The Kier molecular flexibility index (Phi) is 2.16. The normalized spacial score (nSPS) is 16.2. The van der Waals surface area contributed by atoms with Gasteiger partial charge in [-0.05, 0) is 18.4 Å². The third-order valence-corrected chi connectivity index (χ3v) is 3.18. The average molecular weight is 225 g/mol. The monoisotopic (exact) mass is 225 g/mol. The van der Waals surface area contributed by atoms with Crippen molar-refractivity contribution < 1.29 is 4.79 Å². The zero-order valence-corrected chi connectivity index (χ0v) is 9.18. The van der Waals surface area contributed by atoms with Crippen LogP contribution in [0.4, 0.5) is 0 Å². The van der Waals surface area contributed by atoms with Crippen LogP contribution in [-0.2, 0) is 10.3 Å². The van der Waals surface area contributed by atoms with E-state index in [1.807, 2.05) is 24.3 Å². The maximum absolute atomic E-state index is 10.4. The summed E-state index contributed by atoms with van der Waals surface area (Å²) in [5, 5.41) is 0. The van der Waals surface area contributed by atoms with Crippen LogP contribution in [0.5, 0.6) is 0 Å². The second-order valence-corrected chi connectivity index (χ2v) is 4.25. The SMILES string of the molecule is O=C=NC1(c2ccc(-c3ncc[nH]3)cc2)CC1. The van der Waals surface area contributed by atoms with Gasteiger partial charge in [-0.1, -0.05) is 24.3 Å². The molecule has 1 aromatic heterocycles. The fraction of sp³-hybridized carbons (Fsp3) is 0.231. The fourth-order valence-corrected chi connectivity index (χ4v) is 2.03. The van der Waals surface area contributed by atoms with Crippen LogP contribution in [0.1, 0.15) is 18.4 Å². The maximum atomic E-state index is 10.4. The van der Waals surface area contributed by atoms with Gasteiger partial charge in [-0.25, -0.2) is 9.78 Å². The largest absolute Gasteiger partial charge is 0.345 e. The highest BCUT2D eigenvalue weighted by molar-refractivity contribution is 5.56. The summed E-state index contributed by atoms with van der Waals surface area (Å²) in [6.45, 7) is 0. The van der Waals surface area contributed by atoms with Gasteiger partial charge >= 0.3 is 0 Å². The molecule has 0 saturated heterocycles. The molecule has 0 spiro atoms. The lowest BCUT2D eigenvalue weighted by Crippen LogP contribution is -2.01. The second kappa shape index (κ2) is 3.68. The molecule has 2 aromatic rings. The van der Waals surface area contributed by atoms with E-state index in [1.165, 1.54) is 0 Å². The Bertz CT molecular complexity index is 561. The minimum absolute atomic E-state index is 0.288. The number of rotatable bonds is 3. The molecular formula is C13H11N3O. The summed E-state index contributed by atoms with van der Waals surface area (Å²) in [6.07, 6.45) is 7.05. The first-order valence-electron chi connectivity index (χ1n) is 5.53. The van der Waals surface area contributed by atoms with Gasteiger partial charge < -0.3 is 4.98 Å². The number of benzene rings is 1. The minimum Gasteiger partial charge on any atom is -0.345 e. The molecule has 1 aliphatic carbocycles. The first kappa shape index (κ1) is 10.00. The molecule has 0 radical (unpaired) electrons. The Morgan fingerprint density at radius 3 is 2.59 bits per heavy atom. The first-order chi connectivity index (χ1) is 8.34. The highest BCUT2D eigenvalue weighted by atomic mass is 16.1. The van der Waals surface area contributed by atoms with E-state index in [-0.39, 0.29) is 5.54 Å². The smallest absolute Gasteiger partial charge is 0.235 e. The average Bonchev–Trinajstić information content (AvgIpc) is 2.94. The predicted octanol–water partition coefficient (Wildman–Crippen LogP) is 2.40. The van der Waals surface area contributed by atoms with Crippen molar-refractivity contribution in [3.63, 3.8) is 0 Å². The Hall–Kier alpha value is -2.19. The van der Waals surface area contributed by atoms with Gasteiger partial charge in [0.25, 0.3) is 0 Å². The molecule has 17 heavy (non-hydrogen) atoms. The topological polar surface area (TPSA) is 58.1 Å². The molecule has 1 heterocycles. The molecular weight excluding hydrogens is 214 g/mol. The summed E-state index contributed by atoms with van der Waals surface area (Å²) in [5.41, 5.74) is 1.82. The van der Waals surface area contributed by atoms with E-state index in [4.69, 9.17) is 0 Å². The Morgan fingerprint density at radius 2 is 2.06 bits per heavy atom. The standard InChI is InChI=1S/C13H11N3O/c17-9-16-13(5-6-13)11-3-1-10(2-4-11)12-14-7-8-15-12/h1-4,7-8H,5-6H2,(H,14,15). The summed E-state index contributed by atoms with van der Waals surface area (Å²) < 4.78 is 0. The quantitative estimate of drug-likeness (QED) is 0.644. The van der Waals surface area contributed by atoms with Crippen LogP contribution in [0, 0.1) is 0 Å². The number of nitrogens with one attached hydrogen (secondary N) is 1. The van der Waals surface area contributed by atoms with Gasteiger partial charge in [0.15, 0.2) is 0 Å². The maximum Gasteiger partial charge on any atom is 0.235 e. The van der Waals surface area contributed by atoms with Gasteiger partial charge in [0.05, 0.1) is 5.54 Å². The molecule has 1 saturated carbocycles. The number of H-pyrrole nitrogens is 1. The van der Waals surface area contributed by atoms with Gasteiger partial charge in [0.2, 0.25) is 6.08 Å². The van der Waals surface area contributed by atoms with Crippen LogP contribution in [0.15, 0.2) is 41.7 Å². The van der Waals surface area contributed by atoms with Crippen LogP contribution in [0.2, 0.25) is 0 Å². The summed E-state index contributed by atoms with van der Waals surface area (Å²) in [4.78, 5) is 21.5. The van der Waals surface area contributed by atoms with E-state index in [2.05, 4.69) is 15.0 Å². The Morgan fingerprint density at radius 1 is 1.29 bits per heavy atom. The van der Waals surface area contributed by atoms with Crippen LogP contribution in [-0.4, -0.2) is 16.0 Å². The molecule has 0 aliphatic heterocycles. The summed E-state index contributed by atoms with van der Waals surface area (Å²) in [6, 6.07) is 8.00. The molecule has 0 atom stereocenters. The van der Waals surface area contributed by atoms with Crippen LogP contribution in [0.3, 0.4) is 0 Å². The number of imidazole rings is 1. The van der Waals surface area contributed by atoms with E-state index in [1.54, 1.807) is 18.5 Å². The minimum atomic E-state index is -0.288. The van der Waals surface area contributed by atoms with Crippen LogP contribution < -0.4 is 0 Å². The number of hydrogen-bond acceptors (Lipinski definition) is 3. The van der Waals surface area contributed by atoms with Crippen molar-refractivity contribution in [2.24, 2.45) is 4.99 Å². The number of aliphatic imine (C=N–C) groups is 1. The highest BCUT2D eigenvalue weighted by Gasteiger charge is 2.44. The van der Waals surface area contributed by atoms with E-state index in [0.717, 1.165) is 29.8 Å². The third-order valence-electron chi connectivity index (χ3n) is 3.18. The lowest BCUT2D eigenvalue weighted by atomic mass is 10.0. The molecule has 3 rings (SSSR count). The van der Waals surface area contributed by atoms with Crippen molar-refractivity contribution in [1.29, 1.82) is 0 Å². The van der Waals surface area contributed by atoms with Crippen LogP contribution in [0.25, 0.3) is 11.4 Å². The van der Waals surface area contributed by atoms with Crippen molar-refractivity contribution in [1.82, 2.24) is 9.97 Å². The van der Waals surface area contributed by atoms with Gasteiger partial charge in [-0.15, -0.1) is 0 Å². The fourth-order valence-electron chi connectivity index (χ4n) is 2.03. The zero-order chi connectivity index (χ0) is 11.7. The van der Waals surface area contributed by atoms with Gasteiger partial charge in [-0.3, -0.25) is 0 Å². The number of hydrogen-bond donors (Lipinski definition) is 1. The Balaban J connectivity index is 1.93. The van der Waals surface area contributed by atoms with E-state index in [0.29, 0.717) is 0 Å². The molecule has 1 aliphatic rings. The molecule has 1 fully saturated rings. The molecule has 0 bridgehead atoms. The van der Waals surface area contributed by atoms with Crippen molar-refractivity contribution in [3.05, 3.63) is 42.2 Å². The third kappa shape index (κ3) is 1.69. The number of carbonyl (C=O) groups excluding carboxylic acids is 1. The van der Waals surface area contributed by atoms with Crippen molar-refractivity contribution in [2.45, 2.75) is 18.4 Å². The molecule has 1 aromatic carbocycles. The van der Waals surface area contributed by atoms with E-state index in [9.17, 15) is 4.79 Å². The number of aromatic amines is 1. The molecule has 84 valence electrons. The van der Waals surface area contributed by atoms with E-state index < -0.39 is 0 Å². The van der Waals surface area contributed by atoms with Gasteiger partial charge in [-0.2, -0.15) is 4.99 Å². The predicted molar refractivity (Wildman–Crippen MR) is 63.1 cm³/mol. The highest BCUT2D eigenvalue weighted by Crippen LogP contribution is 2.49. The number of aromatic nitrogens is 2. The lowest BCUT2D eigenvalue weighted by molar-refractivity contribution is 0.556. The van der Waals surface area contributed by atoms with Crippen molar-refractivity contribution >= 4 is 6.08 Å². The first-order valence-corrected chi connectivity index (χ1v) is 5.53. The van der Waals surface area contributed by atoms with Crippen molar-refractivity contribution in [2.75, 3.05) is 0 Å². The molecule has 0 unspecified atom stereocenters. The molecule has 1 N–H and O–H groups in total. The number of isocyanates is 1. The summed E-state index contributed by atoms with van der Waals surface area (Å²) >= 11 is 0. The second-order valence-electron chi connectivity index (χ2n) is 4.25. The van der Waals surface area contributed by atoms with E-state index >= 15 is 0 Å². The van der Waals surface area contributed by atoms with Crippen molar-refractivity contribution in [3.8, 4) is 11.4 Å².